The lowest BCUT2D eigenvalue weighted by molar-refractivity contribution is -0.140. The molecule has 1 aromatic heterocycles. The molecule has 0 radical (unpaired) electrons. The molecule has 1 amide bonds. The van der Waals surface area contributed by atoms with Gasteiger partial charge in [-0.3, -0.25) is 14.6 Å². The highest BCUT2D eigenvalue weighted by molar-refractivity contribution is 6.46. The van der Waals surface area contributed by atoms with Crippen molar-refractivity contribution < 1.29 is 19.4 Å². The van der Waals surface area contributed by atoms with E-state index < -0.39 is 17.7 Å². The van der Waals surface area contributed by atoms with E-state index in [2.05, 4.69) is 4.98 Å². The van der Waals surface area contributed by atoms with Crippen LogP contribution in [0.4, 0.5) is 0 Å². The Kier molecular flexibility index (Phi) is 6.52. The summed E-state index contributed by atoms with van der Waals surface area (Å²) in [6, 6.07) is 27.5. The zero-order valence-corrected chi connectivity index (χ0v) is 19.8. The maximum Gasteiger partial charge on any atom is 0.296 e. The Morgan fingerprint density at radius 3 is 2.39 bits per heavy atom. The summed E-state index contributed by atoms with van der Waals surface area (Å²) < 4.78 is 5.99. The third-order valence-corrected chi connectivity index (χ3v) is 6.08. The molecule has 0 aliphatic carbocycles. The number of aromatic nitrogens is 1. The molecule has 1 atom stereocenters. The molecule has 4 aromatic rings. The van der Waals surface area contributed by atoms with Gasteiger partial charge in [0, 0.05) is 16.8 Å². The molecule has 7 heteroatoms. The van der Waals surface area contributed by atoms with Crippen LogP contribution < -0.4 is 4.74 Å². The molecule has 1 unspecified atom stereocenters. The van der Waals surface area contributed by atoms with Gasteiger partial charge < -0.3 is 14.7 Å². The number of nitrogens with zero attached hydrogens (tertiary/aromatic N) is 2. The predicted octanol–water partition coefficient (Wildman–Crippen LogP) is 6.15. The van der Waals surface area contributed by atoms with E-state index in [9.17, 15) is 14.7 Å². The average Bonchev–Trinajstić information content (AvgIpc) is 3.14. The van der Waals surface area contributed by atoms with Crippen LogP contribution in [0.1, 0.15) is 22.9 Å². The van der Waals surface area contributed by atoms with E-state index in [1.54, 1.807) is 66.9 Å². The van der Waals surface area contributed by atoms with Gasteiger partial charge in [0.05, 0.1) is 23.9 Å². The van der Waals surface area contributed by atoms with Gasteiger partial charge in [-0.1, -0.05) is 60.1 Å². The maximum absolute atomic E-state index is 13.3. The van der Waals surface area contributed by atoms with Crippen molar-refractivity contribution in [3.63, 3.8) is 0 Å². The fourth-order valence-electron chi connectivity index (χ4n) is 4.22. The molecular formula is C29H21ClN2O4. The van der Waals surface area contributed by atoms with Crippen LogP contribution in [0.3, 0.4) is 0 Å². The Bertz CT molecular complexity index is 1450. The van der Waals surface area contributed by atoms with E-state index in [4.69, 9.17) is 16.3 Å². The first kappa shape index (κ1) is 23.3. The smallest absolute Gasteiger partial charge is 0.296 e. The van der Waals surface area contributed by atoms with Crippen molar-refractivity contribution in [2.24, 2.45) is 0 Å². The zero-order valence-electron chi connectivity index (χ0n) is 19.0. The fourth-order valence-corrected chi connectivity index (χ4v) is 4.41. The number of ketones is 1. The second kappa shape index (κ2) is 10.1. The topological polar surface area (TPSA) is 79.7 Å². The summed E-state index contributed by atoms with van der Waals surface area (Å²) in [5.41, 5.74) is 1.56. The van der Waals surface area contributed by atoms with Gasteiger partial charge >= 0.3 is 0 Å². The van der Waals surface area contributed by atoms with Crippen molar-refractivity contribution >= 4 is 29.1 Å². The van der Waals surface area contributed by atoms with Crippen molar-refractivity contribution in [2.75, 3.05) is 0 Å². The third-order valence-electron chi connectivity index (χ3n) is 5.85. The average molecular weight is 497 g/mol. The molecule has 0 bridgehead atoms. The standard InChI is InChI=1S/C29H21ClN2O4/c30-21-10-6-9-20(16-21)27(33)25-26(32(29(35)28(25)34)18-22-11-4-5-15-31-22)19-8-7-14-24(17-19)36-23-12-2-1-3-13-23/h1-17,26,33H,18H2/b27-25-. The van der Waals surface area contributed by atoms with Crippen LogP contribution >= 0.6 is 11.6 Å². The summed E-state index contributed by atoms with van der Waals surface area (Å²) in [6.45, 7) is 0.0895. The van der Waals surface area contributed by atoms with Crippen LogP contribution in [0.15, 0.2) is 109 Å². The number of carbonyl (C=O) groups excluding carboxylic acids is 2. The Morgan fingerprint density at radius 2 is 1.64 bits per heavy atom. The van der Waals surface area contributed by atoms with Gasteiger partial charge in [0.25, 0.3) is 11.7 Å². The largest absolute Gasteiger partial charge is 0.507 e. The predicted molar refractivity (Wildman–Crippen MR) is 136 cm³/mol. The monoisotopic (exact) mass is 496 g/mol. The first-order valence-corrected chi connectivity index (χ1v) is 11.7. The molecule has 1 saturated heterocycles. The van der Waals surface area contributed by atoms with Gasteiger partial charge in [0.1, 0.15) is 17.3 Å². The van der Waals surface area contributed by atoms with Gasteiger partial charge in [-0.05, 0) is 54.1 Å². The van der Waals surface area contributed by atoms with Crippen molar-refractivity contribution in [1.29, 1.82) is 0 Å². The Balaban J connectivity index is 1.62. The number of rotatable bonds is 6. The molecule has 1 aliphatic heterocycles. The fraction of sp³-hybridized carbons (Fsp3) is 0.0690. The van der Waals surface area contributed by atoms with E-state index in [1.807, 2.05) is 36.4 Å². The van der Waals surface area contributed by atoms with Gasteiger partial charge in [0.2, 0.25) is 0 Å². The number of benzene rings is 3. The number of aliphatic hydroxyl groups is 1. The second-order valence-electron chi connectivity index (χ2n) is 8.25. The van der Waals surface area contributed by atoms with E-state index in [-0.39, 0.29) is 17.9 Å². The first-order valence-electron chi connectivity index (χ1n) is 11.3. The molecule has 3 aromatic carbocycles. The minimum atomic E-state index is -0.856. The SMILES string of the molecule is O=C1C(=O)N(Cc2ccccn2)C(c2cccc(Oc3ccccc3)c2)/C1=C(/O)c1cccc(Cl)c1. The quantitative estimate of drug-likeness (QED) is 0.197. The number of likely N-dealkylation sites (tertiary alicyclic amines) is 1. The van der Waals surface area contributed by atoms with E-state index >= 15 is 0 Å². The zero-order chi connectivity index (χ0) is 25.1. The molecule has 2 heterocycles. The van der Waals surface area contributed by atoms with Gasteiger partial charge in [-0.15, -0.1) is 0 Å². The maximum atomic E-state index is 13.3. The minimum Gasteiger partial charge on any atom is -0.507 e. The molecule has 36 heavy (non-hydrogen) atoms. The summed E-state index contributed by atoms with van der Waals surface area (Å²) >= 11 is 6.13. The molecule has 1 aliphatic rings. The lowest BCUT2D eigenvalue weighted by Gasteiger charge is -2.25. The third kappa shape index (κ3) is 4.72. The molecule has 0 saturated carbocycles. The second-order valence-corrected chi connectivity index (χ2v) is 8.68. The number of Topliss-reactive ketones (excluding diaryl/α,β-unsaturated/α-hetero) is 1. The number of carbonyl (C=O) groups is 2. The number of aliphatic hydroxyl groups excluding tert-OH is 1. The highest BCUT2D eigenvalue weighted by Gasteiger charge is 2.46. The van der Waals surface area contributed by atoms with Crippen molar-refractivity contribution in [3.8, 4) is 11.5 Å². The van der Waals surface area contributed by atoms with Crippen molar-refractivity contribution in [2.45, 2.75) is 12.6 Å². The summed E-state index contributed by atoms with van der Waals surface area (Å²) in [5, 5.41) is 11.6. The Morgan fingerprint density at radius 1 is 0.889 bits per heavy atom. The lowest BCUT2D eigenvalue weighted by atomic mass is 9.95. The molecule has 0 spiro atoms. The number of pyridine rings is 1. The normalized spacial score (nSPS) is 16.8. The molecule has 1 fully saturated rings. The molecular weight excluding hydrogens is 476 g/mol. The van der Waals surface area contributed by atoms with Crippen LogP contribution in [0.25, 0.3) is 5.76 Å². The van der Waals surface area contributed by atoms with Gasteiger partial charge in [-0.25, -0.2) is 0 Å². The molecule has 178 valence electrons. The van der Waals surface area contributed by atoms with Crippen LogP contribution in [0, 0.1) is 0 Å². The van der Waals surface area contributed by atoms with E-state index in [0.717, 1.165) is 0 Å². The molecule has 6 nitrogen and oxygen atoms in total. The Hall–Kier alpha value is -4.42. The van der Waals surface area contributed by atoms with Crippen LogP contribution in [-0.2, 0) is 16.1 Å². The highest BCUT2D eigenvalue weighted by atomic mass is 35.5. The van der Waals surface area contributed by atoms with Gasteiger partial charge in [0.15, 0.2) is 0 Å². The highest BCUT2D eigenvalue weighted by Crippen LogP contribution is 2.41. The number of hydrogen-bond acceptors (Lipinski definition) is 5. The summed E-state index contributed by atoms with van der Waals surface area (Å²) in [4.78, 5) is 32.2. The van der Waals surface area contributed by atoms with Gasteiger partial charge in [-0.2, -0.15) is 0 Å². The van der Waals surface area contributed by atoms with E-state index in [0.29, 0.717) is 33.3 Å². The molecule has 5 rings (SSSR count). The van der Waals surface area contributed by atoms with Crippen LogP contribution in [0.5, 0.6) is 11.5 Å². The number of amides is 1. The minimum absolute atomic E-state index is 0.0185. The van der Waals surface area contributed by atoms with Crippen molar-refractivity contribution in [1.82, 2.24) is 9.88 Å². The lowest BCUT2D eigenvalue weighted by Crippen LogP contribution is -2.29. The number of para-hydroxylation sites is 1. The van der Waals surface area contributed by atoms with Crippen LogP contribution in [-0.4, -0.2) is 26.7 Å². The summed E-state index contributed by atoms with van der Waals surface area (Å²) in [6.07, 6.45) is 1.63. The number of halogens is 1. The van der Waals surface area contributed by atoms with Crippen molar-refractivity contribution in [3.05, 3.63) is 131 Å². The summed E-state index contributed by atoms with van der Waals surface area (Å²) in [7, 11) is 0. The first-order chi connectivity index (χ1) is 17.5. The van der Waals surface area contributed by atoms with Crippen LogP contribution in [0.2, 0.25) is 5.02 Å². The summed E-state index contributed by atoms with van der Waals surface area (Å²) in [5.74, 6) is -0.605. The Labute approximate surface area is 213 Å². The van der Waals surface area contributed by atoms with E-state index in [1.165, 1.54) is 4.90 Å². The number of hydrogen-bond donors (Lipinski definition) is 1. The molecule has 1 N–H and O–H groups in total. The number of ether oxygens (including phenoxy) is 1.